The Morgan fingerprint density at radius 1 is 1.05 bits per heavy atom. The summed E-state index contributed by atoms with van der Waals surface area (Å²) in [7, 11) is 0. The lowest BCUT2D eigenvalue weighted by atomic mass is 10.0. The van der Waals surface area contributed by atoms with Gasteiger partial charge in [-0.15, -0.1) is 0 Å². The van der Waals surface area contributed by atoms with Crippen LogP contribution in [0.5, 0.6) is 0 Å². The highest BCUT2D eigenvalue weighted by molar-refractivity contribution is 5.72. The average Bonchev–Trinajstić information content (AvgIpc) is 2.97. The summed E-state index contributed by atoms with van der Waals surface area (Å²) in [5, 5.41) is 10.3. The number of fused-ring (bicyclic) bond motifs is 1. The third kappa shape index (κ3) is 3.12. The minimum atomic E-state index is -0.888. The maximum Gasteiger partial charge on any atom is 0.225 e. The summed E-state index contributed by atoms with van der Waals surface area (Å²) in [6.45, 7) is 0. The van der Waals surface area contributed by atoms with Crippen LogP contribution in [-0.2, 0) is 6.42 Å². The van der Waals surface area contributed by atoms with Crippen LogP contribution in [0.15, 0.2) is 59.0 Å². The van der Waals surface area contributed by atoms with E-state index in [4.69, 9.17) is 10.2 Å². The molecule has 0 spiro atoms. The van der Waals surface area contributed by atoms with Crippen LogP contribution in [0.1, 0.15) is 24.0 Å². The summed E-state index contributed by atoms with van der Waals surface area (Å²) in [6.07, 6.45) is 0.601. The molecule has 1 heterocycles. The van der Waals surface area contributed by atoms with Crippen LogP contribution in [0, 0.1) is 0 Å². The SMILES string of the molecule is N[C@H](CCc1ccccc1)C(O)c1nc2ccccc2o1. The monoisotopic (exact) mass is 282 g/mol. The van der Waals surface area contributed by atoms with Gasteiger partial charge in [0.15, 0.2) is 5.58 Å². The zero-order chi connectivity index (χ0) is 14.7. The number of benzene rings is 2. The lowest BCUT2D eigenvalue weighted by molar-refractivity contribution is 0.114. The fourth-order valence-electron chi connectivity index (χ4n) is 2.34. The number of nitrogens with zero attached hydrogens (tertiary/aromatic N) is 1. The summed E-state index contributed by atoms with van der Waals surface area (Å²) in [6, 6.07) is 17.1. The fraction of sp³-hybridized carbons (Fsp3) is 0.235. The third-order valence-corrected chi connectivity index (χ3v) is 3.58. The number of aryl methyl sites for hydroxylation is 1. The first-order valence-electron chi connectivity index (χ1n) is 7.07. The largest absolute Gasteiger partial charge is 0.438 e. The normalized spacial score (nSPS) is 14.2. The van der Waals surface area contributed by atoms with Gasteiger partial charge >= 0.3 is 0 Å². The van der Waals surface area contributed by atoms with Gasteiger partial charge < -0.3 is 15.3 Å². The predicted molar refractivity (Wildman–Crippen MR) is 81.7 cm³/mol. The first-order valence-corrected chi connectivity index (χ1v) is 7.07. The molecule has 0 radical (unpaired) electrons. The van der Waals surface area contributed by atoms with E-state index in [1.165, 1.54) is 5.56 Å². The molecule has 0 bridgehead atoms. The second kappa shape index (κ2) is 6.08. The van der Waals surface area contributed by atoms with Gasteiger partial charge in [0, 0.05) is 6.04 Å². The van der Waals surface area contributed by atoms with E-state index < -0.39 is 12.1 Å². The van der Waals surface area contributed by atoms with Crippen LogP contribution in [0.25, 0.3) is 11.1 Å². The molecular weight excluding hydrogens is 264 g/mol. The Morgan fingerprint density at radius 3 is 2.52 bits per heavy atom. The second-order valence-corrected chi connectivity index (χ2v) is 5.15. The molecule has 0 aliphatic rings. The van der Waals surface area contributed by atoms with E-state index >= 15 is 0 Å². The van der Waals surface area contributed by atoms with Gasteiger partial charge in [-0.25, -0.2) is 4.98 Å². The molecule has 0 aliphatic heterocycles. The average molecular weight is 282 g/mol. The number of aromatic nitrogens is 1. The Kier molecular flexibility index (Phi) is 3.99. The van der Waals surface area contributed by atoms with Crippen molar-refractivity contribution in [3.8, 4) is 0 Å². The van der Waals surface area contributed by atoms with Gasteiger partial charge in [0.05, 0.1) is 0 Å². The van der Waals surface area contributed by atoms with Crippen molar-refractivity contribution in [2.45, 2.75) is 25.0 Å². The molecule has 0 aliphatic carbocycles. The number of aliphatic hydroxyl groups is 1. The van der Waals surface area contributed by atoms with Crippen molar-refractivity contribution in [1.29, 1.82) is 0 Å². The van der Waals surface area contributed by atoms with Gasteiger partial charge in [-0.2, -0.15) is 0 Å². The Balaban J connectivity index is 1.67. The number of hydrogen-bond acceptors (Lipinski definition) is 4. The maximum atomic E-state index is 10.3. The third-order valence-electron chi connectivity index (χ3n) is 3.58. The summed E-state index contributed by atoms with van der Waals surface area (Å²) in [4.78, 5) is 4.29. The van der Waals surface area contributed by atoms with E-state index in [1.807, 2.05) is 42.5 Å². The van der Waals surface area contributed by atoms with Gasteiger partial charge in [-0.1, -0.05) is 42.5 Å². The van der Waals surface area contributed by atoms with Crippen LogP contribution in [0.4, 0.5) is 0 Å². The van der Waals surface area contributed by atoms with E-state index in [2.05, 4.69) is 17.1 Å². The van der Waals surface area contributed by atoms with Crippen LogP contribution in [0.3, 0.4) is 0 Å². The lowest BCUT2D eigenvalue weighted by Crippen LogP contribution is -2.29. The molecule has 3 rings (SSSR count). The van der Waals surface area contributed by atoms with Gasteiger partial charge in [0.1, 0.15) is 11.6 Å². The summed E-state index contributed by atoms with van der Waals surface area (Å²) >= 11 is 0. The van der Waals surface area contributed by atoms with Crippen molar-refractivity contribution in [1.82, 2.24) is 4.98 Å². The molecule has 0 fully saturated rings. The van der Waals surface area contributed by atoms with E-state index in [1.54, 1.807) is 0 Å². The van der Waals surface area contributed by atoms with Crippen LogP contribution < -0.4 is 5.73 Å². The van der Waals surface area contributed by atoms with Gasteiger partial charge in [0.2, 0.25) is 5.89 Å². The van der Waals surface area contributed by atoms with Crippen molar-refractivity contribution < 1.29 is 9.52 Å². The molecule has 2 atom stereocenters. The first kappa shape index (κ1) is 13.8. The molecule has 3 aromatic rings. The molecule has 4 heteroatoms. The summed E-state index contributed by atoms with van der Waals surface area (Å²) < 4.78 is 5.56. The highest BCUT2D eigenvalue weighted by Crippen LogP contribution is 2.23. The molecule has 2 aromatic carbocycles. The minimum absolute atomic E-state index is 0.289. The molecule has 0 saturated heterocycles. The van der Waals surface area contributed by atoms with E-state index in [9.17, 15) is 5.11 Å². The molecule has 1 unspecified atom stereocenters. The fourth-order valence-corrected chi connectivity index (χ4v) is 2.34. The summed E-state index contributed by atoms with van der Waals surface area (Å²) in [5.41, 5.74) is 8.68. The van der Waals surface area contributed by atoms with E-state index in [0.29, 0.717) is 12.0 Å². The number of hydrogen-bond donors (Lipinski definition) is 2. The summed E-state index contributed by atoms with van der Waals surface area (Å²) in [5.74, 6) is 0.289. The number of aliphatic hydroxyl groups excluding tert-OH is 1. The van der Waals surface area contributed by atoms with Crippen molar-refractivity contribution in [3.05, 3.63) is 66.1 Å². The maximum absolute atomic E-state index is 10.3. The number of rotatable bonds is 5. The van der Waals surface area contributed by atoms with Crippen LogP contribution in [-0.4, -0.2) is 16.1 Å². The van der Waals surface area contributed by atoms with Crippen molar-refractivity contribution in [2.75, 3.05) is 0 Å². The standard InChI is InChI=1S/C17H18N2O2/c18-13(11-10-12-6-2-1-3-7-12)16(20)17-19-14-8-4-5-9-15(14)21-17/h1-9,13,16,20H,10-11,18H2/t13-,16?/m1/s1. The number of para-hydroxylation sites is 2. The number of nitrogens with two attached hydrogens (primary N) is 1. The Bertz CT molecular complexity index is 676. The van der Waals surface area contributed by atoms with E-state index in [-0.39, 0.29) is 5.89 Å². The molecule has 0 saturated carbocycles. The Labute approximate surface area is 123 Å². The van der Waals surface area contributed by atoms with Crippen molar-refractivity contribution >= 4 is 11.1 Å². The smallest absolute Gasteiger partial charge is 0.225 e. The van der Waals surface area contributed by atoms with Gasteiger partial charge in [-0.05, 0) is 30.5 Å². The van der Waals surface area contributed by atoms with Gasteiger partial charge in [0.25, 0.3) is 0 Å². The molecular formula is C17H18N2O2. The van der Waals surface area contributed by atoms with E-state index in [0.717, 1.165) is 11.9 Å². The van der Waals surface area contributed by atoms with Crippen molar-refractivity contribution in [2.24, 2.45) is 5.73 Å². The topological polar surface area (TPSA) is 72.3 Å². The number of oxazole rings is 1. The van der Waals surface area contributed by atoms with Crippen molar-refractivity contribution in [3.63, 3.8) is 0 Å². The Morgan fingerprint density at radius 2 is 1.76 bits per heavy atom. The highest BCUT2D eigenvalue weighted by atomic mass is 16.4. The predicted octanol–water partition coefficient (Wildman–Crippen LogP) is 2.82. The molecule has 108 valence electrons. The zero-order valence-electron chi connectivity index (χ0n) is 11.6. The zero-order valence-corrected chi connectivity index (χ0v) is 11.6. The second-order valence-electron chi connectivity index (χ2n) is 5.15. The minimum Gasteiger partial charge on any atom is -0.438 e. The Hall–Kier alpha value is -2.17. The van der Waals surface area contributed by atoms with Gasteiger partial charge in [-0.3, -0.25) is 0 Å². The first-order chi connectivity index (χ1) is 10.2. The van der Waals surface area contributed by atoms with Crippen LogP contribution in [0.2, 0.25) is 0 Å². The molecule has 0 amide bonds. The molecule has 1 aromatic heterocycles. The molecule has 3 N–H and O–H groups in total. The quantitative estimate of drug-likeness (QED) is 0.754. The van der Waals surface area contributed by atoms with Crippen LogP contribution >= 0.6 is 0 Å². The highest BCUT2D eigenvalue weighted by Gasteiger charge is 2.22. The molecule has 21 heavy (non-hydrogen) atoms. The molecule has 4 nitrogen and oxygen atoms in total. The lowest BCUT2D eigenvalue weighted by Gasteiger charge is -2.15.